The first kappa shape index (κ1) is 90.0. The summed E-state index contributed by atoms with van der Waals surface area (Å²) >= 11 is 0. The van der Waals surface area contributed by atoms with E-state index in [1.807, 2.05) is 6.08 Å². The van der Waals surface area contributed by atoms with Crippen LogP contribution in [-0.2, 0) is 23.7 Å². The number of amides is 1. The molecule has 12 atom stereocenters. The lowest BCUT2D eigenvalue weighted by molar-refractivity contribution is -0.359. The Labute approximate surface area is 588 Å². The summed E-state index contributed by atoms with van der Waals surface area (Å²) in [6.07, 6.45) is 72.0. The molecule has 2 saturated heterocycles. The number of rotatable bonds is 69. The van der Waals surface area contributed by atoms with Gasteiger partial charge in [0, 0.05) is 6.42 Å². The molecule has 0 bridgehead atoms. The van der Waals surface area contributed by atoms with Gasteiger partial charge in [-0.3, -0.25) is 4.79 Å². The molecule has 2 fully saturated rings. The van der Waals surface area contributed by atoms with Gasteiger partial charge in [-0.2, -0.15) is 0 Å². The Hall–Kier alpha value is -2.05. The molecule has 564 valence electrons. The summed E-state index contributed by atoms with van der Waals surface area (Å²) < 4.78 is 22.9. The van der Waals surface area contributed by atoms with Crippen LogP contribution in [0.3, 0.4) is 0 Å². The maximum atomic E-state index is 13.4. The summed E-state index contributed by atoms with van der Waals surface area (Å²) in [4.78, 5) is 13.4. The zero-order valence-corrected chi connectivity index (χ0v) is 61.9. The highest BCUT2D eigenvalue weighted by atomic mass is 16.7. The van der Waals surface area contributed by atoms with E-state index in [0.29, 0.717) is 12.8 Å². The zero-order chi connectivity index (χ0) is 69.4. The average molecular weight is 1360 g/mol. The SMILES string of the molecule is CCCCCCC/C=C\C/C=C\CCCCCCCCCCCCCCCCCCCCCCCC(=O)NC(COC1OC(CO)C(OC2OC(CO)C(O)C(O)C2O)C(O)C1O)C(O)/C=C/CC/C=C/CCCCCCCCCCCCCCCCCCCCCCCCC. The smallest absolute Gasteiger partial charge is 0.220 e. The van der Waals surface area contributed by atoms with Crippen LogP contribution >= 0.6 is 0 Å². The van der Waals surface area contributed by atoms with Crippen molar-refractivity contribution in [3.63, 3.8) is 0 Å². The third-order valence-corrected chi connectivity index (χ3v) is 20.0. The maximum Gasteiger partial charge on any atom is 0.220 e. The Bertz CT molecular complexity index is 1800. The third-order valence-electron chi connectivity index (χ3n) is 20.0. The molecular formula is C82H153NO13. The number of allylic oxidation sites excluding steroid dienone is 7. The van der Waals surface area contributed by atoms with E-state index in [4.69, 9.17) is 18.9 Å². The van der Waals surface area contributed by atoms with Gasteiger partial charge in [-0.15, -0.1) is 0 Å². The van der Waals surface area contributed by atoms with Crippen molar-refractivity contribution in [3.05, 3.63) is 48.6 Å². The van der Waals surface area contributed by atoms with Crippen LogP contribution in [0.1, 0.15) is 373 Å². The monoisotopic (exact) mass is 1360 g/mol. The van der Waals surface area contributed by atoms with Gasteiger partial charge in [-0.1, -0.05) is 351 Å². The van der Waals surface area contributed by atoms with Crippen molar-refractivity contribution in [3.8, 4) is 0 Å². The van der Waals surface area contributed by atoms with Crippen LogP contribution in [0, 0.1) is 0 Å². The summed E-state index contributed by atoms with van der Waals surface area (Å²) in [6.45, 7) is 2.83. The summed E-state index contributed by atoms with van der Waals surface area (Å²) in [5.41, 5.74) is 0. The quantitative estimate of drug-likeness (QED) is 0.0204. The minimum absolute atomic E-state index is 0.242. The molecule has 9 N–H and O–H groups in total. The number of hydrogen-bond acceptors (Lipinski definition) is 13. The van der Waals surface area contributed by atoms with Gasteiger partial charge in [0.15, 0.2) is 12.6 Å². The minimum Gasteiger partial charge on any atom is -0.394 e. The highest BCUT2D eigenvalue weighted by Crippen LogP contribution is 2.30. The molecule has 0 radical (unpaired) electrons. The molecule has 2 heterocycles. The maximum absolute atomic E-state index is 13.4. The Morgan fingerprint density at radius 1 is 0.375 bits per heavy atom. The normalized spacial score (nSPS) is 22.4. The number of hydrogen-bond donors (Lipinski definition) is 9. The number of nitrogens with one attached hydrogen (secondary N) is 1. The van der Waals surface area contributed by atoms with Crippen LogP contribution in [0.15, 0.2) is 48.6 Å². The molecule has 0 aliphatic carbocycles. The van der Waals surface area contributed by atoms with E-state index in [0.717, 1.165) is 38.5 Å². The van der Waals surface area contributed by atoms with E-state index >= 15 is 0 Å². The first-order valence-corrected chi connectivity index (χ1v) is 40.9. The first-order valence-electron chi connectivity index (χ1n) is 40.9. The highest BCUT2D eigenvalue weighted by molar-refractivity contribution is 5.76. The summed E-state index contributed by atoms with van der Waals surface area (Å²) in [7, 11) is 0. The third kappa shape index (κ3) is 48.7. The van der Waals surface area contributed by atoms with E-state index in [1.165, 1.54) is 302 Å². The molecule has 96 heavy (non-hydrogen) atoms. The number of carbonyl (C=O) groups excluding carboxylic acids is 1. The van der Waals surface area contributed by atoms with Crippen LogP contribution in [0.5, 0.6) is 0 Å². The van der Waals surface area contributed by atoms with E-state index in [2.05, 4.69) is 55.6 Å². The predicted octanol–water partition coefficient (Wildman–Crippen LogP) is 18.6. The van der Waals surface area contributed by atoms with Crippen molar-refractivity contribution in [2.45, 2.75) is 447 Å². The lowest BCUT2D eigenvalue weighted by Crippen LogP contribution is -2.65. The molecule has 0 saturated carbocycles. The molecule has 2 aliphatic heterocycles. The molecule has 2 rings (SSSR count). The number of aliphatic hydroxyl groups excluding tert-OH is 8. The summed E-state index contributed by atoms with van der Waals surface area (Å²) in [5.74, 6) is -0.242. The van der Waals surface area contributed by atoms with Crippen molar-refractivity contribution in [1.29, 1.82) is 0 Å². The van der Waals surface area contributed by atoms with Gasteiger partial charge in [0.2, 0.25) is 5.91 Å². The molecule has 0 aromatic carbocycles. The molecule has 1 amide bonds. The molecule has 0 aromatic heterocycles. The molecular weight excluding hydrogens is 1210 g/mol. The van der Waals surface area contributed by atoms with Gasteiger partial charge in [0.25, 0.3) is 0 Å². The Balaban J connectivity index is 1.62. The van der Waals surface area contributed by atoms with Gasteiger partial charge in [-0.25, -0.2) is 0 Å². The molecule has 14 heteroatoms. The Morgan fingerprint density at radius 2 is 0.698 bits per heavy atom. The van der Waals surface area contributed by atoms with Crippen LogP contribution in [0.2, 0.25) is 0 Å². The number of carbonyl (C=O) groups is 1. The van der Waals surface area contributed by atoms with E-state index in [9.17, 15) is 45.6 Å². The average Bonchev–Trinajstić information content (AvgIpc) is 0.812. The van der Waals surface area contributed by atoms with Gasteiger partial charge < -0.3 is 65.1 Å². The van der Waals surface area contributed by atoms with Gasteiger partial charge in [-0.05, 0) is 64.2 Å². The van der Waals surface area contributed by atoms with Crippen LogP contribution in [-0.4, -0.2) is 140 Å². The van der Waals surface area contributed by atoms with Gasteiger partial charge >= 0.3 is 0 Å². The van der Waals surface area contributed by atoms with Gasteiger partial charge in [0.05, 0.1) is 32.0 Å². The summed E-state index contributed by atoms with van der Waals surface area (Å²) in [6, 6.07) is -0.933. The predicted molar refractivity (Wildman–Crippen MR) is 397 cm³/mol. The van der Waals surface area contributed by atoms with Crippen molar-refractivity contribution in [2.24, 2.45) is 0 Å². The van der Waals surface area contributed by atoms with Gasteiger partial charge in [0.1, 0.15) is 48.8 Å². The second kappa shape index (κ2) is 66.2. The fourth-order valence-corrected chi connectivity index (χ4v) is 13.5. The topological polar surface area (TPSA) is 228 Å². The lowest BCUT2D eigenvalue weighted by Gasteiger charge is -2.46. The zero-order valence-electron chi connectivity index (χ0n) is 61.9. The van der Waals surface area contributed by atoms with E-state index in [1.54, 1.807) is 6.08 Å². The molecule has 0 spiro atoms. The van der Waals surface area contributed by atoms with Crippen molar-refractivity contribution in [1.82, 2.24) is 5.32 Å². The number of aliphatic hydroxyl groups is 8. The number of ether oxygens (including phenoxy) is 4. The highest BCUT2D eigenvalue weighted by Gasteiger charge is 2.51. The molecule has 2 aliphatic rings. The lowest BCUT2D eigenvalue weighted by atomic mass is 9.97. The number of unbranched alkanes of at least 4 members (excludes halogenated alkanes) is 50. The van der Waals surface area contributed by atoms with E-state index in [-0.39, 0.29) is 18.9 Å². The minimum atomic E-state index is -1.79. The second-order valence-electron chi connectivity index (χ2n) is 28.9. The fraction of sp³-hybridized carbons (Fsp3) is 0.890. The van der Waals surface area contributed by atoms with Crippen molar-refractivity contribution < 1.29 is 64.6 Å². The van der Waals surface area contributed by atoms with Crippen LogP contribution in [0.4, 0.5) is 0 Å². The fourth-order valence-electron chi connectivity index (χ4n) is 13.5. The van der Waals surface area contributed by atoms with Crippen LogP contribution in [0.25, 0.3) is 0 Å². The van der Waals surface area contributed by atoms with Crippen molar-refractivity contribution in [2.75, 3.05) is 19.8 Å². The van der Waals surface area contributed by atoms with Crippen molar-refractivity contribution >= 4 is 5.91 Å². The molecule has 12 unspecified atom stereocenters. The van der Waals surface area contributed by atoms with Crippen LogP contribution < -0.4 is 5.32 Å². The Kier molecular flexibility index (Phi) is 62.1. The first-order chi connectivity index (χ1) is 47.1. The summed E-state index contributed by atoms with van der Waals surface area (Å²) in [5, 5.41) is 87.7. The second-order valence-corrected chi connectivity index (χ2v) is 28.9. The largest absolute Gasteiger partial charge is 0.394 e. The Morgan fingerprint density at radius 3 is 1.08 bits per heavy atom. The van der Waals surface area contributed by atoms with E-state index < -0.39 is 86.8 Å². The molecule has 0 aromatic rings. The standard InChI is InChI=1S/C82H153NO13/c1-3-5-7-9-11-13-15-17-19-21-23-25-27-29-31-33-34-35-36-38-40-42-44-46-48-50-52-54-56-58-60-62-64-66-74(87)83-70(69-93-81-79(92)77(90)80(73(68-85)95-81)96-82-78(91)76(89)75(88)72(67-84)94-82)71(86)65-63-61-59-57-55-53-51-49-47-45-43-41-39-37-32-30-28-26-24-22-20-18-16-14-12-10-8-6-4-2/h15,17,21,23,55,57,63,65,70-73,75-82,84-86,88-92H,3-14,16,18-20,22,24-54,56,58-62,64,66-69H2,1-2H3,(H,83,87)/b17-15-,23-21-,57-55+,65-63+. The molecule has 14 nitrogen and oxygen atoms in total.